The molecule has 1 aromatic carbocycles. The van der Waals surface area contributed by atoms with E-state index in [0.29, 0.717) is 19.4 Å². The van der Waals surface area contributed by atoms with Crippen molar-refractivity contribution < 1.29 is 4.92 Å². The maximum absolute atomic E-state index is 10.8. The summed E-state index contributed by atoms with van der Waals surface area (Å²) in [6.07, 6.45) is 7.56. The molecule has 4 heteroatoms. The zero-order valence-corrected chi connectivity index (χ0v) is 10.6. The second-order valence-electron chi connectivity index (χ2n) is 4.10. The predicted octanol–water partition coefficient (Wildman–Crippen LogP) is 2.53. The Morgan fingerprint density at radius 2 is 2.22 bits per heavy atom. The van der Waals surface area contributed by atoms with Gasteiger partial charge in [-0.2, -0.15) is 0 Å². The third kappa shape index (κ3) is 4.19. The van der Waals surface area contributed by atoms with Crippen molar-refractivity contribution in [3.8, 4) is 12.3 Å². The number of nitro groups is 1. The Hall–Kier alpha value is -1.86. The molecule has 18 heavy (non-hydrogen) atoms. The lowest BCUT2D eigenvalue weighted by molar-refractivity contribution is -0.385. The number of terminal acetylenes is 1. The Morgan fingerprint density at radius 3 is 2.83 bits per heavy atom. The Morgan fingerprint density at radius 1 is 1.50 bits per heavy atom. The molecule has 0 amide bonds. The van der Waals surface area contributed by atoms with E-state index in [-0.39, 0.29) is 16.7 Å². The van der Waals surface area contributed by atoms with Crippen molar-refractivity contribution in [3.63, 3.8) is 0 Å². The van der Waals surface area contributed by atoms with Crippen LogP contribution >= 0.6 is 0 Å². The first-order chi connectivity index (χ1) is 8.69. The van der Waals surface area contributed by atoms with Crippen molar-refractivity contribution in [1.82, 2.24) is 5.32 Å². The van der Waals surface area contributed by atoms with Gasteiger partial charge in [0.05, 0.1) is 4.92 Å². The average molecular weight is 246 g/mol. The standard InChI is InChI=1S/C14H18N2O2/c1-3-7-13(4-2)15-11-10-12-8-5-6-9-14(12)16(17)18/h1,5-6,8-9,13,15H,4,7,10-11H2,2H3. The summed E-state index contributed by atoms with van der Waals surface area (Å²) in [6, 6.07) is 7.12. The highest BCUT2D eigenvalue weighted by Gasteiger charge is 2.12. The van der Waals surface area contributed by atoms with Crippen LogP contribution in [-0.4, -0.2) is 17.5 Å². The quantitative estimate of drug-likeness (QED) is 0.457. The molecule has 0 fully saturated rings. The van der Waals surface area contributed by atoms with Crippen LogP contribution < -0.4 is 5.32 Å². The van der Waals surface area contributed by atoms with Gasteiger partial charge in [0.25, 0.3) is 5.69 Å². The Kier molecular flexibility index (Phi) is 5.89. The molecule has 1 atom stereocenters. The molecular formula is C14H18N2O2. The zero-order valence-electron chi connectivity index (χ0n) is 10.6. The molecule has 0 bridgehead atoms. The van der Waals surface area contributed by atoms with Gasteiger partial charge >= 0.3 is 0 Å². The van der Waals surface area contributed by atoms with Crippen molar-refractivity contribution in [1.29, 1.82) is 0 Å². The van der Waals surface area contributed by atoms with Gasteiger partial charge in [-0.05, 0) is 19.4 Å². The maximum atomic E-state index is 10.8. The molecule has 4 nitrogen and oxygen atoms in total. The fourth-order valence-corrected chi connectivity index (χ4v) is 1.81. The maximum Gasteiger partial charge on any atom is 0.272 e. The molecule has 0 aromatic heterocycles. The van der Waals surface area contributed by atoms with E-state index in [9.17, 15) is 10.1 Å². The van der Waals surface area contributed by atoms with Gasteiger partial charge in [0, 0.05) is 24.1 Å². The van der Waals surface area contributed by atoms with E-state index in [0.717, 1.165) is 12.0 Å². The number of rotatable bonds is 7. The molecular weight excluding hydrogens is 228 g/mol. The van der Waals surface area contributed by atoms with Crippen molar-refractivity contribution in [2.24, 2.45) is 0 Å². The molecule has 0 aliphatic heterocycles. The van der Waals surface area contributed by atoms with E-state index in [4.69, 9.17) is 6.42 Å². The summed E-state index contributed by atoms with van der Waals surface area (Å²) < 4.78 is 0. The van der Waals surface area contributed by atoms with Crippen LogP contribution in [0.1, 0.15) is 25.3 Å². The molecule has 0 aliphatic rings. The summed E-state index contributed by atoms with van der Waals surface area (Å²) in [7, 11) is 0. The number of hydrogen-bond donors (Lipinski definition) is 1. The number of nitrogens with one attached hydrogen (secondary N) is 1. The lowest BCUT2D eigenvalue weighted by Gasteiger charge is -2.13. The normalized spacial score (nSPS) is 11.8. The van der Waals surface area contributed by atoms with Crippen LogP contribution in [0.25, 0.3) is 0 Å². The lowest BCUT2D eigenvalue weighted by atomic mass is 10.1. The molecule has 1 aromatic rings. The summed E-state index contributed by atoms with van der Waals surface area (Å²) in [5.74, 6) is 2.63. The van der Waals surface area contributed by atoms with Gasteiger partial charge in [-0.15, -0.1) is 12.3 Å². The molecule has 0 heterocycles. The van der Waals surface area contributed by atoms with E-state index in [2.05, 4.69) is 18.2 Å². The van der Waals surface area contributed by atoms with E-state index in [1.54, 1.807) is 12.1 Å². The fourth-order valence-electron chi connectivity index (χ4n) is 1.81. The molecule has 0 aliphatic carbocycles. The van der Waals surface area contributed by atoms with Crippen molar-refractivity contribution >= 4 is 5.69 Å². The minimum absolute atomic E-state index is 0.185. The Balaban J connectivity index is 2.54. The summed E-state index contributed by atoms with van der Waals surface area (Å²) in [6.45, 7) is 2.77. The molecule has 96 valence electrons. The van der Waals surface area contributed by atoms with Crippen LogP contribution in [-0.2, 0) is 6.42 Å². The van der Waals surface area contributed by atoms with Crippen molar-refractivity contribution in [3.05, 3.63) is 39.9 Å². The van der Waals surface area contributed by atoms with Crippen LogP contribution in [0.2, 0.25) is 0 Å². The first-order valence-corrected chi connectivity index (χ1v) is 6.08. The average Bonchev–Trinajstić information content (AvgIpc) is 2.38. The Labute approximate surface area is 108 Å². The van der Waals surface area contributed by atoms with Crippen molar-refractivity contribution in [2.45, 2.75) is 32.2 Å². The number of para-hydroxylation sites is 1. The van der Waals surface area contributed by atoms with Gasteiger partial charge in [0.1, 0.15) is 0 Å². The van der Waals surface area contributed by atoms with Gasteiger partial charge in [0.2, 0.25) is 0 Å². The first kappa shape index (κ1) is 14.2. The molecule has 0 spiro atoms. The van der Waals surface area contributed by atoms with Crippen LogP contribution in [0, 0.1) is 22.5 Å². The number of nitro benzene ring substituents is 1. The van der Waals surface area contributed by atoms with Gasteiger partial charge in [-0.1, -0.05) is 25.1 Å². The largest absolute Gasteiger partial charge is 0.313 e. The summed E-state index contributed by atoms with van der Waals surface area (Å²) in [5.41, 5.74) is 0.940. The molecule has 0 radical (unpaired) electrons. The van der Waals surface area contributed by atoms with Crippen molar-refractivity contribution in [2.75, 3.05) is 6.54 Å². The van der Waals surface area contributed by atoms with Gasteiger partial charge in [-0.3, -0.25) is 10.1 Å². The topological polar surface area (TPSA) is 55.2 Å². The predicted molar refractivity (Wildman–Crippen MR) is 72.3 cm³/mol. The third-order valence-corrected chi connectivity index (χ3v) is 2.87. The van der Waals surface area contributed by atoms with Gasteiger partial charge in [0.15, 0.2) is 0 Å². The van der Waals surface area contributed by atoms with E-state index >= 15 is 0 Å². The number of hydrogen-bond acceptors (Lipinski definition) is 3. The zero-order chi connectivity index (χ0) is 13.4. The molecule has 0 saturated carbocycles. The van der Waals surface area contributed by atoms with Crippen LogP contribution in [0.15, 0.2) is 24.3 Å². The SMILES string of the molecule is C#CCC(CC)NCCc1ccccc1[N+](=O)[O-]. The van der Waals surface area contributed by atoms with E-state index in [1.807, 2.05) is 6.07 Å². The second-order valence-corrected chi connectivity index (χ2v) is 4.10. The highest BCUT2D eigenvalue weighted by atomic mass is 16.6. The van der Waals surface area contributed by atoms with E-state index < -0.39 is 0 Å². The lowest BCUT2D eigenvalue weighted by Crippen LogP contribution is -2.30. The van der Waals surface area contributed by atoms with Gasteiger partial charge < -0.3 is 5.32 Å². The summed E-state index contributed by atoms with van der Waals surface area (Å²) in [5, 5.41) is 14.2. The molecule has 1 rings (SSSR count). The summed E-state index contributed by atoms with van der Waals surface area (Å²) in [4.78, 5) is 10.5. The molecule has 1 unspecified atom stereocenters. The smallest absolute Gasteiger partial charge is 0.272 e. The number of nitrogens with zero attached hydrogens (tertiary/aromatic N) is 1. The van der Waals surface area contributed by atoms with Crippen LogP contribution in [0.4, 0.5) is 5.69 Å². The molecule has 0 saturated heterocycles. The third-order valence-electron chi connectivity index (χ3n) is 2.87. The van der Waals surface area contributed by atoms with Crippen LogP contribution in [0.3, 0.4) is 0 Å². The second kappa shape index (κ2) is 7.46. The van der Waals surface area contributed by atoms with Gasteiger partial charge in [-0.25, -0.2) is 0 Å². The highest BCUT2D eigenvalue weighted by Crippen LogP contribution is 2.17. The minimum atomic E-state index is -0.339. The molecule has 1 N–H and O–H groups in total. The van der Waals surface area contributed by atoms with E-state index in [1.165, 1.54) is 6.07 Å². The number of benzene rings is 1. The van der Waals surface area contributed by atoms with Crippen LogP contribution in [0.5, 0.6) is 0 Å². The Bertz CT molecular complexity index is 438. The fraction of sp³-hybridized carbons (Fsp3) is 0.429. The monoisotopic (exact) mass is 246 g/mol. The highest BCUT2D eigenvalue weighted by molar-refractivity contribution is 5.39. The summed E-state index contributed by atoms with van der Waals surface area (Å²) >= 11 is 0. The minimum Gasteiger partial charge on any atom is -0.313 e. The first-order valence-electron chi connectivity index (χ1n) is 6.08.